The molecule has 0 saturated carbocycles. The van der Waals surface area contributed by atoms with Crippen molar-refractivity contribution in [3.63, 3.8) is 0 Å². The quantitative estimate of drug-likeness (QED) is 0.767. The van der Waals surface area contributed by atoms with Gasteiger partial charge in [0.25, 0.3) is 0 Å². The Morgan fingerprint density at radius 3 is 2.20 bits per heavy atom. The Morgan fingerprint density at radius 1 is 1.00 bits per heavy atom. The highest BCUT2D eigenvalue weighted by Gasteiger charge is 2.32. The molecular formula is C15H12ClF3O4S2. The van der Waals surface area contributed by atoms with E-state index in [4.69, 9.17) is 11.6 Å². The number of sulfone groups is 2. The van der Waals surface area contributed by atoms with E-state index in [1.807, 2.05) is 0 Å². The number of halogens is 4. The van der Waals surface area contributed by atoms with E-state index in [0.29, 0.717) is 6.07 Å². The van der Waals surface area contributed by atoms with Crippen LogP contribution in [-0.2, 0) is 31.6 Å². The average Bonchev–Trinajstić information content (AvgIpc) is 2.47. The SMILES string of the molecule is CS(=O)(=O)c1cc(Cl)ccc1CS(=O)(=O)c1cccc(C(F)(F)F)c1. The maximum atomic E-state index is 12.8. The number of rotatable bonds is 4. The molecule has 0 spiro atoms. The minimum atomic E-state index is -4.69. The maximum Gasteiger partial charge on any atom is 0.416 e. The zero-order valence-electron chi connectivity index (χ0n) is 12.7. The first-order valence-electron chi connectivity index (χ1n) is 6.69. The molecule has 0 radical (unpaired) electrons. The van der Waals surface area contributed by atoms with Crippen molar-refractivity contribution in [2.75, 3.05) is 6.26 Å². The van der Waals surface area contributed by atoms with E-state index >= 15 is 0 Å². The molecule has 0 aliphatic rings. The van der Waals surface area contributed by atoms with Gasteiger partial charge < -0.3 is 0 Å². The van der Waals surface area contributed by atoms with Gasteiger partial charge in [-0.3, -0.25) is 0 Å². The van der Waals surface area contributed by atoms with Gasteiger partial charge in [0.2, 0.25) is 0 Å². The molecule has 0 aliphatic carbocycles. The van der Waals surface area contributed by atoms with Crippen molar-refractivity contribution >= 4 is 31.3 Å². The van der Waals surface area contributed by atoms with Gasteiger partial charge in [0.05, 0.1) is 21.1 Å². The normalized spacial score (nSPS) is 13.0. The molecule has 2 rings (SSSR count). The predicted molar refractivity (Wildman–Crippen MR) is 86.9 cm³/mol. The van der Waals surface area contributed by atoms with Crippen LogP contribution in [0.5, 0.6) is 0 Å². The van der Waals surface area contributed by atoms with E-state index < -0.39 is 42.1 Å². The molecule has 0 N–H and O–H groups in total. The highest BCUT2D eigenvalue weighted by molar-refractivity contribution is 7.91. The second-order valence-corrected chi connectivity index (χ2v) is 9.72. The lowest BCUT2D eigenvalue weighted by Gasteiger charge is -2.11. The first-order valence-corrected chi connectivity index (χ1v) is 10.6. The minimum absolute atomic E-state index is 0.0655. The van der Waals surface area contributed by atoms with E-state index in [1.54, 1.807) is 0 Å². The molecule has 0 heterocycles. The highest BCUT2D eigenvalue weighted by atomic mass is 35.5. The molecule has 0 bridgehead atoms. The lowest BCUT2D eigenvalue weighted by atomic mass is 10.2. The van der Waals surface area contributed by atoms with Gasteiger partial charge in [0.15, 0.2) is 19.7 Å². The Kier molecular flexibility index (Phi) is 5.23. The summed E-state index contributed by atoms with van der Waals surface area (Å²) >= 11 is 5.74. The van der Waals surface area contributed by atoms with E-state index in [-0.39, 0.29) is 15.5 Å². The lowest BCUT2D eigenvalue weighted by molar-refractivity contribution is -0.137. The van der Waals surface area contributed by atoms with Crippen LogP contribution in [0.1, 0.15) is 11.1 Å². The van der Waals surface area contributed by atoms with Gasteiger partial charge >= 0.3 is 6.18 Å². The second kappa shape index (κ2) is 6.62. The Labute approximate surface area is 148 Å². The van der Waals surface area contributed by atoms with E-state index in [2.05, 4.69) is 0 Å². The van der Waals surface area contributed by atoms with Gasteiger partial charge in [-0.1, -0.05) is 23.7 Å². The highest BCUT2D eigenvalue weighted by Crippen LogP contribution is 2.32. The van der Waals surface area contributed by atoms with Crippen LogP contribution >= 0.6 is 11.6 Å². The van der Waals surface area contributed by atoms with Gasteiger partial charge in [-0.05, 0) is 35.9 Å². The van der Waals surface area contributed by atoms with Crippen LogP contribution in [0.2, 0.25) is 5.02 Å². The molecule has 0 unspecified atom stereocenters. The van der Waals surface area contributed by atoms with Gasteiger partial charge in [-0.2, -0.15) is 13.2 Å². The summed E-state index contributed by atoms with van der Waals surface area (Å²) < 4.78 is 86.8. The van der Waals surface area contributed by atoms with E-state index in [0.717, 1.165) is 30.5 Å². The molecule has 4 nitrogen and oxygen atoms in total. The van der Waals surface area contributed by atoms with Crippen molar-refractivity contribution in [3.8, 4) is 0 Å². The molecule has 0 saturated heterocycles. The summed E-state index contributed by atoms with van der Waals surface area (Å²) in [6.07, 6.45) is -3.80. The fourth-order valence-corrected chi connectivity index (χ4v) is 4.85. The molecule has 0 aliphatic heterocycles. The predicted octanol–water partition coefficient (Wildman–Crippen LogP) is 3.74. The summed E-state index contributed by atoms with van der Waals surface area (Å²) in [5, 5.41) is 0.0978. The van der Waals surface area contributed by atoms with Crippen LogP contribution < -0.4 is 0 Å². The molecule has 0 aromatic heterocycles. The van der Waals surface area contributed by atoms with Gasteiger partial charge in [0.1, 0.15) is 0 Å². The van der Waals surface area contributed by atoms with Crippen LogP contribution in [0, 0.1) is 0 Å². The fraction of sp³-hybridized carbons (Fsp3) is 0.200. The zero-order chi connectivity index (χ0) is 19.0. The lowest BCUT2D eigenvalue weighted by Crippen LogP contribution is -2.11. The Bertz CT molecular complexity index is 1010. The maximum absolute atomic E-state index is 12.8. The monoisotopic (exact) mass is 412 g/mol. The number of hydrogen-bond donors (Lipinski definition) is 0. The topological polar surface area (TPSA) is 68.3 Å². The summed E-state index contributed by atoms with van der Waals surface area (Å²) in [5.41, 5.74) is -1.17. The van der Waals surface area contributed by atoms with Crippen LogP contribution in [0.4, 0.5) is 13.2 Å². The summed E-state index contributed by atoms with van der Waals surface area (Å²) in [6.45, 7) is 0. The third kappa shape index (κ3) is 4.74. The van der Waals surface area contributed by atoms with Gasteiger partial charge in [-0.15, -0.1) is 0 Å². The molecule has 0 atom stereocenters. The van der Waals surface area contributed by atoms with Crippen LogP contribution in [-0.4, -0.2) is 23.1 Å². The Hall–Kier alpha value is -1.58. The van der Waals surface area contributed by atoms with Crippen molar-refractivity contribution < 1.29 is 30.0 Å². The first kappa shape index (κ1) is 19.7. The van der Waals surface area contributed by atoms with Crippen molar-refractivity contribution in [3.05, 3.63) is 58.6 Å². The molecule has 0 amide bonds. The third-order valence-corrected chi connectivity index (χ3v) is 6.37. The van der Waals surface area contributed by atoms with Crippen LogP contribution in [0.25, 0.3) is 0 Å². The van der Waals surface area contributed by atoms with Crippen LogP contribution in [0.3, 0.4) is 0 Å². The minimum Gasteiger partial charge on any atom is -0.224 e. The second-order valence-electron chi connectivity index (χ2n) is 5.31. The molecule has 136 valence electrons. The molecule has 2 aromatic carbocycles. The molecule has 0 fully saturated rings. The molecule has 10 heteroatoms. The van der Waals surface area contributed by atoms with Crippen molar-refractivity contribution in [1.29, 1.82) is 0 Å². The Morgan fingerprint density at radius 2 is 1.64 bits per heavy atom. The average molecular weight is 413 g/mol. The van der Waals surface area contributed by atoms with Crippen LogP contribution in [0.15, 0.2) is 52.3 Å². The number of alkyl halides is 3. The molecule has 2 aromatic rings. The molecule has 25 heavy (non-hydrogen) atoms. The van der Waals surface area contributed by atoms with Gasteiger partial charge in [0, 0.05) is 11.3 Å². The summed E-state index contributed by atoms with van der Waals surface area (Å²) in [7, 11) is -7.97. The van der Waals surface area contributed by atoms with Gasteiger partial charge in [-0.25, -0.2) is 16.8 Å². The standard InChI is InChI=1S/C15H12ClF3O4S2/c1-24(20,21)14-8-12(16)6-5-10(14)9-25(22,23)13-4-2-3-11(7-13)15(17,18)19/h2-8H,9H2,1H3. The van der Waals surface area contributed by atoms with E-state index in [9.17, 15) is 30.0 Å². The number of benzene rings is 2. The van der Waals surface area contributed by atoms with E-state index in [1.165, 1.54) is 12.1 Å². The number of hydrogen-bond acceptors (Lipinski definition) is 4. The fourth-order valence-electron chi connectivity index (χ4n) is 2.15. The zero-order valence-corrected chi connectivity index (χ0v) is 15.1. The summed E-state index contributed by atoms with van der Waals surface area (Å²) in [5.74, 6) is -0.770. The summed E-state index contributed by atoms with van der Waals surface area (Å²) in [4.78, 5) is -0.827. The first-order chi connectivity index (χ1) is 11.3. The van der Waals surface area contributed by atoms with Crippen molar-refractivity contribution in [1.82, 2.24) is 0 Å². The smallest absolute Gasteiger partial charge is 0.224 e. The molecular weight excluding hydrogens is 401 g/mol. The Balaban J connectivity index is 2.51. The van der Waals surface area contributed by atoms with Crippen molar-refractivity contribution in [2.24, 2.45) is 0 Å². The summed E-state index contributed by atoms with van der Waals surface area (Å²) in [6, 6.07) is 6.93. The van der Waals surface area contributed by atoms with Crippen molar-refractivity contribution in [2.45, 2.75) is 21.7 Å². The third-order valence-electron chi connectivity index (χ3n) is 3.29. The largest absolute Gasteiger partial charge is 0.416 e.